The van der Waals surface area contributed by atoms with Crippen LogP contribution < -0.4 is 5.32 Å². The number of carbonyl (C=O) groups excluding carboxylic acids is 2. The van der Waals surface area contributed by atoms with E-state index in [0.717, 1.165) is 0 Å². The van der Waals surface area contributed by atoms with E-state index in [9.17, 15) is 9.59 Å². The maximum atomic E-state index is 12.5. The summed E-state index contributed by atoms with van der Waals surface area (Å²) in [6.07, 6.45) is 2.24. The van der Waals surface area contributed by atoms with Gasteiger partial charge in [-0.15, -0.1) is 0 Å². The number of benzene rings is 1. The number of ether oxygens (including phenoxy) is 1. The SMILES string of the molecule is CC[C@H](Sc1nc2ncccc2o1)C(=O)Nc1ccc(C(=O)OC)cc1. The number of amides is 1. The van der Waals surface area contributed by atoms with Gasteiger partial charge in [-0.3, -0.25) is 4.79 Å². The number of methoxy groups -OCH3 is 1. The van der Waals surface area contributed by atoms with Crippen LogP contribution in [0.1, 0.15) is 23.7 Å². The van der Waals surface area contributed by atoms with Crippen LogP contribution in [0.25, 0.3) is 11.2 Å². The van der Waals surface area contributed by atoms with Gasteiger partial charge in [-0.05, 0) is 42.8 Å². The quantitative estimate of drug-likeness (QED) is 0.523. The zero-order valence-electron chi connectivity index (χ0n) is 14.3. The Morgan fingerprint density at radius 3 is 2.69 bits per heavy atom. The largest absolute Gasteiger partial charge is 0.465 e. The molecule has 0 saturated heterocycles. The summed E-state index contributed by atoms with van der Waals surface area (Å²) >= 11 is 1.25. The summed E-state index contributed by atoms with van der Waals surface area (Å²) in [5.41, 5.74) is 2.12. The molecule has 0 radical (unpaired) electrons. The molecule has 7 nitrogen and oxygen atoms in total. The molecule has 1 atom stereocenters. The minimum Gasteiger partial charge on any atom is -0.465 e. The molecule has 26 heavy (non-hydrogen) atoms. The third kappa shape index (κ3) is 4.02. The molecule has 0 saturated carbocycles. The van der Waals surface area contributed by atoms with E-state index in [1.54, 1.807) is 42.6 Å². The van der Waals surface area contributed by atoms with Gasteiger partial charge in [0.2, 0.25) is 5.91 Å². The average Bonchev–Trinajstić information content (AvgIpc) is 3.08. The van der Waals surface area contributed by atoms with Gasteiger partial charge in [0.05, 0.1) is 17.9 Å². The van der Waals surface area contributed by atoms with Gasteiger partial charge in [-0.2, -0.15) is 4.98 Å². The zero-order chi connectivity index (χ0) is 18.5. The van der Waals surface area contributed by atoms with Gasteiger partial charge in [-0.25, -0.2) is 9.78 Å². The van der Waals surface area contributed by atoms with Gasteiger partial charge >= 0.3 is 5.97 Å². The van der Waals surface area contributed by atoms with Crippen molar-refractivity contribution in [2.24, 2.45) is 0 Å². The Morgan fingerprint density at radius 1 is 1.27 bits per heavy atom. The van der Waals surface area contributed by atoms with Gasteiger partial charge in [0.25, 0.3) is 5.22 Å². The first-order chi connectivity index (χ1) is 12.6. The Bertz CT molecular complexity index is 891. The Hall–Kier alpha value is -2.87. The molecule has 0 spiro atoms. The van der Waals surface area contributed by atoms with E-state index in [1.807, 2.05) is 6.92 Å². The van der Waals surface area contributed by atoms with Crippen molar-refractivity contribution in [1.82, 2.24) is 9.97 Å². The lowest BCUT2D eigenvalue weighted by molar-refractivity contribution is -0.115. The summed E-state index contributed by atoms with van der Waals surface area (Å²) in [6.45, 7) is 1.92. The first-order valence-electron chi connectivity index (χ1n) is 7.98. The van der Waals surface area contributed by atoms with Crippen molar-refractivity contribution in [3.05, 3.63) is 48.2 Å². The summed E-state index contributed by atoms with van der Waals surface area (Å²) in [4.78, 5) is 32.4. The van der Waals surface area contributed by atoms with E-state index in [0.29, 0.717) is 34.1 Å². The second kappa shape index (κ2) is 8.01. The highest BCUT2D eigenvalue weighted by atomic mass is 32.2. The number of rotatable bonds is 6. The first-order valence-corrected chi connectivity index (χ1v) is 8.86. The van der Waals surface area contributed by atoms with Crippen LogP contribution in [0.4, 0.5) is 5.69 Å². The average molecular weight is 371 g/mol. The third-order valence-corrected chi connectivity index (χ3v) is 4.83. The predicted molar refractivity (Wildman–Crippen MR) is 98.2 cm³/mol. The lowest BCUT2D eigenvalue weighted by atomic mass is 10.2. The van der Waals surface area contributed by atoms with Crippen molar-refractivity contribution < 1.29 is 18.7 Å². The summed E-state index contributed by atoms with van der Waals surface area (Å²) < 4.78 is 10.3. The van der Waals surface area contributed by atoms with Crippen molar-refractivity contribution in [1.29, 1.82) is 0 Å². The smallest absolute Gasteiger partial charge is 0.337 e. The second-order valence-corrected chi connectivity index (χ2v) is 6.53. The number of esters is 1. The number of hydrogen-bond acceptors (Lipinski definition) is 7. The van der Waals surface area contributed by atoms with E-state index in [-0.39, 0.29) is 11.2 Å². The number of oxazole rings is 1. The molecule has 3 rings (SSSR count). The molecule has 0 aliphatic carbocycles. The van der Waals surface area contributed by atoms with Gasteiger partial charge in [-0.1, -0.05) is 18.7 Å². The fourth-order valence-corrected chi connectivity index (χ4v) is 3.13. The Morgan fingerprint density at radius 2 is 2.04 bits per heavy atom. The fourth-order valence-electron chi connectivity index (χ4n) is 2.27. The number of thioether (sulfide) groups is 1. The molecular weight excluding hydrogens is 354 g/mol. The first kappa shape index (κ1) is 17.9. The van der Waals surface area contributed by atoms with E-state index < -0.39 is 5.97 Å². The molecule has 0 aliphatic rings. The van der Waals surface area contributed by atoms with Crippen LogP contribution in [0.15, 0.2) is 52.2 Å². The summed E-state index contributed by atoms with van der Waals surface area (Å²) in [5, 5.41) is 2.87. The van der Waals surface area contributed by atoms with Crippen LogP contribution >= 0.6 is 11.8 Å². The lowest BCUT2D eigenvalue weighted by Gasteiger charge is -2.13. The zero-order valence-corrected chi connectivity index (χ0v) is 15.1. The van der Waals surface area contributed by atoms with Crippen molar-refractivity contribution in [3.8, 4) is 0 Å². The summed E-state index contributed by atoms with van der Waals surface area (Å²) in [7, 11) is 1.32. The molecule has 2 aromatic heterocycles. The summed E-state index contributed by atoms with van der Waals surface area (Å²) in [5.74, 6) is -0.590. The Labute approximate surface area is 154 Å². The molecule has 0 bridgehead atoms. The van der Waals surface area contributed by atoms with Crippen LogP contribution in [0.3, 0.4) is 0 Å². The molecule has 1 N–H and O–H groups in total. The maximum absolute atomic E-state index is 12.5. The van der Waals surface area contributed by atoms with Crippen LogP contribution in [-0.2, 0) is 9.53 Å². The monoisotopic (exact) mass is 371 g/mol. The van der Waals surface area contributed by atoms with Crippen molar-refractivity contribution >= 4 is 40.6 Å². The second-order valence-electron chi connectivity index (χ2n) is 5.38. The molecular formula is C18H17N3O4S. The van der Waals surface area contributed by atoms with Crippen molar-refractivity contribution in [2.45, 2.75) is 23.8 Å². The van der Waals surface area contributed by atoms with E-state index in [2.05, 4.69) is 20.0 Å². The summed E-state index contributed by atoms with van der Waals surface area (Å²) in [6, 6.07) is 10.1. The molecule has 0 fully saturated rings. The minimum atomic E-state index is -0.422. The molecule has 1 aromatic carbocycles. The van der Waals surface area contributed by atoms with Crippen LogP contribution in [0, 0.1) is 0 Å². The lowest BCUT2D eigenvalue weighted by Crippen LogP contribution is -2.24. The van der Waals surface area contributed by atoms with Crippen LogP contribution in [0.5, 0.6) is 0 Å². The van der Waals surface area contributed by atoms with Crippen molar-refractivity contribution in [3.63, 3.8) is 0 Å². The number of aromatic nitrogens is 2. The molecule has 1 amide bonds. The number of anilines is 1. The normalized spacial score (nSPS) is 11.9. The van der Waals surface area contributed by atoms with Crippen LogP contribution in [0.2, 0.25) is 0 Å². The molecule has 0 aliphatic heterocycles. The van der Waals surface area contributed by atoms with Gasteiger partial charge in [0, 0.05) is 11.9 Å². The van der Waals surface area contributed by atoms with Gasteiger partial charge < -0.3 is 14.5 Å². The highest BCUT2D eigenvalue weighted by Gasteiger charge is 2.21. The number of fused-ring (bicyclic) bond motifs is 1. The van der Waals surface area contributed by atoms with E-state index in [4.69, 9.17) is 4.42 Å². The number of pyridine rings is 1. The number of carbonyl (C=O) groups is 2. The highest BCUT2D eigenvalue weighted by Crippen LogP contribution is 2.28. The molecule has 0 unspecified atom stereocenters. The Balaban J connectivity index is 1.67. The highest BCUT2D eigenvalue weighted by molar-refractivity contribution is 8.00. The fraction of sp³-hybridized carbons (Fsp3) is 0.222. The van der Waals surface area contributed by atoms with E-state index >= 15 is 0 Å². The number of nitrogens with zero attached hydrogens (tertiary/aromatic N) is 2. The standard InChI is InChI=1S/C18H17N3O4S/c1-3-14(26-18-21-15-13(25-18)5-4-10-19-15)16(22)20-12-8-6-11(7-9-12)17(23)24-2/h4-10,14H,3H2,1-2H3,(H,20,22)/t14-/m0/s1. The number of hydrogen-bond donors (Lipinski definition) is 1. The Kier molecular flexibility index (Phi) is 5.52. The number of nitrogens with one attached hydrogen (secondary N) is 1. The van der Waals surface area contributed by atoms with Crippen molar-refractivity contribution in [2.75, 3.05) is 12.4 Å². The molecule has 3 aromatic rings. The third-order valence-electron chi connectivity index (χ3n) is 3.63. The molecule has 134 valence electrons. The van der Waals surface area contributed by atoms with Gasteiger partial charge in [0.15, 0.2) is 11.2 Å². The van der Waals surface area contributed by atoms with Gasteiger partial charge in [0.1, 0.15) is 0 Å². The topological polar surface area (TPSA) is 94.3 Å². The molecule has 8 heteroatoms. The maximum Gasteiger partial charge on any atom is 0.337 e. The molecule has 2 heterocycles. The predicted octanol–water partition coefficient (Wildman–Crippen LogP) is 3.52. The minimum absolute atomic E-state index is 0.168. The van der Waals surface area contributed by atoms with E-state index in [1.165, 1.54) is 18.9 Å². The van der Waals surface area contributed by atoms with Crippen LogP contribution in [-0.4, -0.2) is 34.2 Å².